The van der Waals surface area contributed by atoms with E-state index in [2.05, 4.69) is 61.9 Å². The maximum absolute atomic E-state index is 4.58. The summed E-state index contributed by atoms with van der Waals surface area (Å²) in [5.41, 5.74) is 5.00. The topological polar surface area (TPSA) is 12.4 Å². The molecular weight excluding hydrogens is 266 g/mol. The maximum Gasteiger partial charge on any atom is 0.0409 e. The van der Waals surface area contributed by atoms with Crippen LogP contribution in [0.4, 0.5) is 0 Å². The molecular formula is C21H31N. The van der Waals surface area contributed by atoms with Crippen LogP contribution in [0.25, 0.3) is 0 Å². The molecule has 0 heterocycles. The van der Waals surface area contributed by atoms with Crippen molar-refractivity contribution in [3.8, 4) is 0 Å². The molecule has 1 nitrogen and oxygen atoms in total. The highest BCUT2D eigenvalue weighted by Gasteiger charge is 2.13. The zero-order chi connectivity index (χ0) is 16.4. The number of nitrogens with zero attached hydrogens (tertiary/aromatic N) is 1. The molecule has 0 radical (unpaired) electrons. The van der Waals surface area contributed by atoms with Crippen molar-refractivity contribution in [2.45, 2.75) is 59.8 Å². The summed E-state index contributed by atoms with van der Waals surface area (Å²) < 4.78 is 0. The molecule has 1 atom stereocenters. The molecule has 1 unspecified atom stereocenters. The van der Waals surface area contributed by atoms with Crippen LogP contribution in [0.5, 0.6) is 0 Å². The average molecular weight is 297 g/mol. The summed E-state index contributed by atoms with van der Waals surface area (Å²) in [6.45, 7) is 12.2. The molecule has 0 fully saturated rings. The molecule has 0 amide bonds. The van der Waals surface area contributed by atoms with E-state index in [1.54, 1.807) is 5.57 Å². The van der Waals surface area contributed by atoms with Crippen molar-refractivity contribution in [3.63, 3.8) is 0 Å². The summed E-state index contributed by atoms with van der Waals surface area (Å²) in [6.07, 6.45) is 19.1. The normalized spacial score (nSPS) is 20.2. The molecule has 1 aliphatic carbocycles. The van der Waals surface area contributed by atoms with Gasteiger partial charge in [0.05, 0.1) is 0 Å². The second-order valence-corrected chi connectivity index (χ2v) is 6.16. The first-order valence-corrected chi connectivity index (χ1v) is 8.40. The third kappa shape index (κ3) is 7.40. The molecule has 0 saturated heterocycles. The van der Waals surface area contributed by atoms with Gasteiger partial charge in [0.25, 0.3) is 0 Å². The first-order chi connectivity index (χ1) is 10.5. The van der Waals surface area contributed by atoms with Crippen LogP contribution in [0, 0.1) is 5.92 Å². The maximum atomic E-state index is 4.58. The lowest BCUT2D eigenvalue weighted by Crippen LogP contribution is -2.05. The van der Waals surface area contributed by atoms with Gasteiger partial charge in [-0.3, -0.25) is 4.99 Å². The molecule has 0 aliphatic heterocycles. The number of allylic oxidation sites excluding steroid dienone is 9. The fraction of sp³-hybridized carbons (Fsp3) is 0.476. The minimum Gasteiger partial charge on any atom is -0.259 e. The van der Waals surface area contributed by atoms with E-state index >= 15 is 0 Å². The lowest BCUT2D eigenvalue weighted by atomic mass is 9.94. The van der Waals surface area contributed by atoms with Crippen LogP contribution in [0.1, 0.15) is 59.8 Å². The lowest BCUT2D eigenvalue weighted by molar-refractivity contribution is 0.607. The number of aliphatic imine (C=N–C) groups is 1. The van der Waals surface area contributed by atoms with Crippen molar-refractivity contribution in [3.05, 3.63) is 59.9 Å². The Morgan fingerprint density at radius 3 is 2.77 bits per heavy atom. The molecule has 1 rings (SSSR count). The SMILES string of the molecule is C=C(C)/N=C(\C=C/C)CC1C=C(C)C=C(CC/C=C\C)CC1. The highest BCUT2D eigenvalue weighted by atomic mass is 14.7. The minimum atomic E-state index is 0.574. The van der Waals surface area contributed by atoms with Gasteiger partial charge in [-0.1, -0.05) is 48.1 Å². The fourth-order valence-electron chi connectivity index (χ4n) is 2.92. The van der Waals surface area contributed by atoms with Gasteiger partial charge >= 0.3 is 0 Å². The van der Waals surface area contributed by atoms with Gasteiger partial charge in [-0.05, 0) is 71.8 Å². The average Bonchev–Trinajstić information content (AvgIpc) is 2.60. The van der Waals surface area contributed by atoms with E-state index in [4.69, 9.17) is 0 Å². The van der Waals surface area contributed by atoms with Crippen molar-refractivity contribution < 1.29 is 0 Å². The first kappa shape index (κ1) is 18.4. The highest BCUT2D eigenvalue weighted by molar-refractivity contribution is 5.95. The van der Waals surface area contributed by atoms with Crippen LogP contribution < -0.4 is 0 Å². The van der Waals surface area contributed by atoms with Crippen LogP contribution in [0.3, 0.4) is 0 Å². The van der Waals surface area contributed by atoms with Gasteiger partial charge in [-0.25, -0.2) is 0 Å². The molecule has 1 aliphatic rings. The summed E-state index contributed by atoms with van der Waals surface area (Å²) in [5.74, 6) is 0.574. The first-order valence-electron chi connectivity index (χ1n) is 8.40. The third-order valence-corrected chi connectivity index (χ3v) is 3.80. The van der Waals surface area contributed by atoms with Crippen molar-refractivity contribution in [1.29, 1.82) is 0 Å². The smallest absolute Gasteiger partial charge is 0.0409 e. The second kappa shape index (κ2) is 10.2. The summed E-state index contributed by atoms with van der Waals surface area (Å²) in [5, 5.41) is 0. The Morgan fingerprint density at radius 1 is 1.36 bits per heavy atom. The molecule has 0 aromatic carbocycles. The minimum absolute atomic E-state index is 0.574. The van der Waals surface area contributed by atoms with E-state index < -0.39 is 0 Å². The predicted octanol–water partition coefficient (Wildman–Crippen LogP) is 6.57. The summed E-state index contributed by atoms with van der Waals surface area (Å²) in [4.78, 5) is 4.58. The Bertz CT molecular complexity index is 512. The van der Waals surface area contributed by atoms with E-state index in [-0.39, 0.29) is 0 Å². The van der Waals surface area contributed by atoms with Gasteiger partial charge in [-0.2, -0.15) is 0 Å². The largest absolute Gasteiger partial charge is 0.259 e. The quantitative estimate of drug-likeness (QED) is 0.372. The zero-order valence-electron chi connectivity index (χ0n) is 14.7. The monoisotopic (exact) mass is 297 g/mol. The van der Waals surface area contributed by atoms with Gasteiger partial charge in [-0.15, -0.1) is 0 Å². The second-order valence-electron chi connectivity index (χ2n) is 6.16. The molecule has 22 heavy (non-hydrogen) atoms. The Balaban J connectivity index is 2.70. The third-order valence-electron chi connectivity index (χ3n) is 3.80. The van der Waals surface area contributed by atoms with Gasteiger partial charge < -0.3 is 0 Å². The Morgan fingerprint density at radius 2 is 2.14 bits per heavy atom. The predicted molar refractivity (Wildman–Crippen MR) is 100 cm³/mol. The van der Waals surface area contributed by atoms with Gasteiger partial charge in [0, 0.05) is 11.4 Å². The van der Waals surface area contributed by atoms with Crippen LogP contribution in [-0.4, -0.2) is 5.71 Å². The molecule has 0 bridgehead atoms. The molecule has 0 N–H and O–H groups in total. The fourth-order valence-corrected chi connectivity index (χ4v) is 2.92. The van der Waals surface area contributed by atoms with Crippen LogP contribution in [-0.2, 0) is 0 Å². The summed E-state index contributed by atoms with van der Waals surface area (Å²) >= 11 is 0. The van der Waals surface area contributed by atoms with Crippen LogP contribution in [0.15, 0.2) is 64.9 Å². The molecule has 0 saturated carbocycles. The van der Waals surface area contributed by atoms with Gasteiger partial charge in [0.15, 0.2) is 0 Å². The van der Waals surface area contributed by atoms with E-state index in [9.17, 15) is 0 Å². The zero-order valence-corrected chi connectivity index (χ0v) is 14.7. The van der Waals surface area contributed by atoms with Crippen LogP contribution >= 0.6 is 0 Å². The Kier molecular flexibility index (Phi) is 8.50. The van der Waals surface area contributed by atoms with Crippen molar-refractivity contribution >= 4 is 5.71 Å². The molecule has 0 aromatic rings. The molecule has 120 valence electrons. The summed E-state index contributed by atoms with van der Waals surface area (Å²) in [6, 6.07) is 0. The number of hydrogen-bond donors (Lipinski definition) is 0. The van der Waals surface area contributed by atoms with Crippen molar-refractivity contribution in [2.75, 3.05) is 0 Å². The molecule has 0 spiro atoms. The van der Waals surface area contributed by atoms with Crippen molar-refractivity contribution in [1.82, 2.24) is 0 Å². The van der Waals surface area contributed by atoms with E-state index in [1.807, 2.05) is 13.8 Å². The van der Waals surface area contributed by atoms with E-state index in [1.165, 1.54) is 24.8 Å². The Hall–Kier alpha value is -1.63. The lowest BCUT2D eigenvalue weighted by Gasteiger charge is -2.12. The van der Waals surface area contributed by atoms with Crippen LogP contribution in [0.2, 0.25) is 0 Å². The van der Waals surface area contributed by atoms with Gasteiger partial charge in [0.1, 0.15) is 0 Å². The van der Waals surface area contributed by atoms with Gasteiger partial charge in [0.2, 0.25) is 0 Å². The summed E-state index contributed by atoms with van der Waals surface area (Å²) in [7, 11) is 0. The Labute approximate surface area is 136 Å². The number of hydrogen-bond acceptors (Lipinski definition) is 1. The standard InChI is InChI=1S/C21H31N/c1-6-8-9-11-19-12-13-20(15-18(5)14-19)16-21(10-7-2)22-17(3)4/h6-8,10,14-15,20H,3,9,11-13,16H2,1-2,4-5H3/b8-6-,10-7-,22-21+. The molecule has 0 aromatic heterocycles. The number of rotatable bonds is 7. The highest BCUT2D eigenvalue weighted by Crippen LogP contribution is 2.27. The molecule has 1 heteroatoms. The van der Waals surface area contributed by atoms with Crippen molar-refractivity contribution in [2.24, 2.45) is 10.9 Å². The van der Waals surface area contributed by atoms with E-state index in [0.717, 1.165) is 24.3 Å². The van der Waals surface area contributed by atoms with E-state index in [0.29, 0.717) is 5.92 Å².